The summed E-state index contributed by atoms with van der Waals surface area (Å²) >= 11 is 1.92. The van der Waals surface area contributed by atoms with Crippen LogP contribution in [-0.4, -0.2) is 14.5 Å². The molecule has 0 atom stereocenters. The zero-order valence-electron chi connectivity index (χ0n) is 28.0. The van der Waals surface area contributed by atoms with Crippen molar-refractivity contribution in [3.63, 3.8) is 0 Å². The molecule has 11 aromatic rings. The number of aromatic nitrogens is 3. The first kappa shape index (κ1) is 29.1. The van der Waals surface area contributed by atoms with E-state index >= 15 is 0 Å². The molecule has 0 aliphatic rings. The quantitative estimate of drug-likeness (QED) is 0.185. The summed E-state index contributed by atoms with van der Waals surface area (Å²) in [7, 11) is 0. The molecular weight excluding hydrogens is 651 g/mol. The maximum atomic E-state index is 5.10. The summed E-state index contributed by atoms with van der Waals surface area (Å²) in [5, 5.41) is 10.3. The number of nitrogens with zero attached hydrogens (tertiary/aromatic N) is 3. The number of hydrogen-bond acceptors (Lipinski definition) is 3. The largest absolute Gasteiger partial charge is 0.309 e. The van der Waals surface area contributed by atoms with Crippen LogP contribution < -0.4 is 0 Å². The van der Waals surface area contributed by atoms with Crippen molar-refractivity contribution in [2.45, 2.75) is 0 Å². The van der Waals surface area contributed by atoms with Crippen molar-refractivity contribution in [1.29, 1.82) is 0 Å². The zero-order valence-corrected chi connectivity index (χ0v) is 28.8. The number of benzene rings is 8. The SMILES string of the molecule is c1ccc(-c2cc(-c3ccc(-n4c5ccccc5c5c6ccccc6c6sc7c8ccccc8ccc7c6c54)cc3)nc(-c3ccccc3)n2)cc1. The van der Waals surface area contributed by atoms with Crippen molar-refractivity contribution in [3.8, 4) is 39.6 Å². The number of para-hydroxylation sites is 1. The first-order valence-corrected chi connectivity index (χ1v) is 18.4. The van der Waals surface area contributed by atoms with Gasteiger partial charge in [0.25, 0.3) is 0 Å². The van der Waals surface area contributed by atoms with Crippen LogP contribution in [0.4, 0.5) is 0 Å². The van der Waals surface area contributed by atoms with E-state index in [1.165, 1.54) is 63.5 Å². The van der Waals surface area contributed by atoms with Gasteiger partial charge in [0.15, 0.2) is 5.82 Å². The second kappa shape index (κ2) is 11.5. The van der Waals surface area contributed by atoms with Crippen LogP contribution in [0, 0.1) is 0 Å². The number of thiophene rings is 1. The summed E-state index contributed by atoms with van der Waals surface area (Å²) in [5.41, 5.74) is 8.48. The van der Waals surface area contributed by atoms with E-state index in [1.807, 2.05) is 35.6 Å². The topological polar surface area (TPSA) is 30.7 Å². The maximum absolute atomic E-state index is 5.10. The fourth-order valence-electron chi connectivity index (χ4n) is 8.02. The molecule has 3 aromatic heterocycles. The van der Waals surface area contributed by atoms with Gasteiger partial charge in [-0.05, 0) is 40.4 Å². The number of hydrogen-bond donors (Lipinski definition) is 0. The van der Waals surface area contributed by atoms with Gasteiger partial charge in [-0.25, -0.2) is 9.97 Å². The molecule has 8 aromatic carbocycles. The average molecular weight is 680 g/mol. The van der Waals surface area contributed by atoms with E-state index in [0.717, 1.165) is 39.6 Å². The highest BCUT2D eigenvalue weighted by Crippen LogP contribution is 2.49. The Morgan fingerprint density at radius 1 is 0.404 bits per heavy atom. The summed E-state index contributed by atoms with van der Waals surface area (Å²) in [6, 6.07) is 62.8. The van der Waals surface area contributed by atoms with Crippen molar-refractivity contribution >= 4 is 74.9 Å². The van der Waals surface area contributed by atoms with E-state index in [4.69, 9.17) is 9.97 Å². The van der Waals surface area contributed by atoms with Crippen molar-refractivity contribution in [1.82, 2.24) is 14.5 Å². The van der Waals surface area contributed by atoms with E-state index in [9.17, 15) is 0 Å². The van der Waals surface area contributed by atoms with Crippen molar-refractivity contribution in [3.05, 3.63) is 176 Å². The Morgan fingerprint density at radius 2 is 1.00 bits per heavy atom. The van der Waals surface area contributed by atoms with Gasteiger partial charge in [-0.3, -0.25) is 0 Å². The predicted octanol–water partition coefficient (Wildman–Crippen LogP) is 13.2. The number of rotatable bonds is 4. The minimum Gasteiger partial charge on any atom is -0.309 e. The van der Waals surface area contributed by atoms with E-state index in [0.29, 0.717) is 0 Å². The summed E-state index contributed by atoms with van der Waals surface area (Å²) in [4.78, 5) is 10.1. The zero-order chi connectivity index (χ0) is 34.2. The van der Waals surface area contributed by atoms with Gasteiger partial charge in [0.1, 0.15) is 0 Å². The molecule has 0 bridgehead atoms. The summed E-state index contributed by atoms with van der Waals surface area (Å²) in [6.45, 7) is 0. The lowest BCUT2D eigenvalue weighted by Crippen LogP contribution is -1.97. The minimum absolute atomic E-state index is 0.717. The molecule has 0 saturated carbocycles. The van der Waals surface area contributed by atoms with Gasteiger partial charge < -0.3 is 4.57 Å². The maximum Gasteiger partial charge on any atom is 0.160 e. The van der Waals surface area contributed by atoms with Gasteiger partial charge in [-0.1, -0.05) is 152 Å². The van der Waals surface area contributed by atoms with E-state index in [1.54, 1.807) is 0 Å². The van der Waals surface area contributed by atoms with Crippen LogP contribution in [0.2, 0.25) is 0 Å². The van der Waals surface area contributed by atoms with Gasteiger partial charge in [0, 0.05) is 58.7 Å². The monoisotopic (exact) mass is 679 g/mol. The highest BCUT2D eigenvalue weighted by atomic mass is 32.1. The Labute approximate surface area is 303 Å². The van der Waals surface area contributed by atoms with Crippen molar-refractivity contribution in [2.24, 2.45) is 0 Å². The van der Waals surface area contributed by atoms with Gasteiger partial charge in [0.05, 0.1) is 22.4 Å². The van der Waals surface area contributed by atoms with E-state index in [2.05, 4.69) is 156 Å². The Bertz CT molecular complexity index is 3100. The highest BCUT2D eigenvalue weighted by molar-refractivity contribution is 7.27. The highest BCUT2D eigenvalue weighted by Gasteiger charge is 2.22. The van der Waals surface area contributed by atoms with Crippen LogP contribution in [0.1, 0.15) is 0 Å². The summed E-state index contributed by atoms with van der Waals surface area (Å²) in [5.74, 6) is 0.717. The fourth-order valence-corrected chi connectivity index (χ4v) is 9.39. The third-order valence-corrected chi connectivity index (χ3v) is 11.7. The van der Waals surface area contributed by atoms with E-state index < -0.39 is 0 Å². The van der Waals surface area contributed by atoms with Crippen LogP contribution in [0.3, 0.4) is 0 Å². The molecule has 242 valence electrons. The number of fused-ring (bicyclic) bond motifs is 12. The molecule has 0 aliphatic heterocycles. The van der Waals surface area contributed by atoms with Crippen molar-refractivity contribution in [2.75, 3.05) is 0 Å². The summed E-state index contributed by atoms with van der Waals surface area (Å²) < 4.78 is 5.15. The predicted molar refractivity (Wildman–Crippen MR) is 221 cm³/mol. The van der Waals surface area contributed by atoms with Gasteiger partial charge in [0.2, 0.25) is 0 Å². The Morgan fingerprint density at radius 3 is 1.75 bits per heavy atom. The van der Waals surface area contributed by atoms with Crippen LogP contribution in [0.5, 0.6) is 0 Å². The minimum atomic E-state index is 0.717. The molecule has 0 saturated heterocycles. The molecule has 3 nitrogen and oxygen atoms in total. The molecule has 0 amide bonds. The fraction of sp³-hybridized carbons (Fsp3) is 0. The smallest absolute Gasteiger partial charge is 0.160 e. The first-order chi connectivity index (χ1) is 25.8. The lowest BCUT2D eigenvalue weighted by atomic mass is 9.99. The Balaban J connectivity index is 1.18. The van der Waals surface area contributed by atoms with Crippen molar-refractivity contribution < 1.29 is 0 Å². The normalized spacial score (nSPS) is 11.8. The molecule has 52 heavy (non-hydrogen) atoms. The lowest BCUT2D eigenvalue weighted by Gasteiger charge is -2.12. The van der Waals surface area contributed by atoms with Crippen LogP contribution >= 0.6 is 11.3 Å². The van der Waals surface area contributed by atoms with Crippen LogP contribution in [-0.2, 0) is 0 Å². The Kier molecular flexibility index (Phi) is 6.42. The third kappa shape index (κ3) is 4.38. The molecule has 3 heterocycles. The van der Waals surface area contributed by atoms with Gasteiger partial charge in [-0.2, -0.15) is 0 Å². The molecule has 4 heteroatoms. The first-order valence-electron chi connectivity index (χ1n) is 17.6. The second-order valence-electron chi connectivity index (χ2n) is 13.3. The molecule has 0 N–H and O–H groups in total. The van der Waals surface area contributed by atoms with Crippen LogP contribution in [0.15, 0.2) is 176 Å². The molecular formula is C48H29N3S. The second-order valence-corrected chi connectivity index (χ2v) is 14.4. The summed E-state index contributed by atoms with van der Waals surface area (Å²) in [6.07, 6.45) is 0. The molecule has 0 aliphatic carbocycles. The molecule has 0 unspecified atom stereocenters. The lowest BCUT2D eigenvalue weighted by molar-refractivity contribution is 1.17. The van der Waals surface area contributed by atoms with Gasteiger partial charge >= 0.3 is 0 Å². The molecule has 0 fully saturated rings. The molecule has 0 spiro atoms. The van der Waals surface area contributed by atoms with Crippen LogP contribution in [0.25, 0.3) is 103 Å². The Hall–Kier alpha value is -6.62. The molecule has 0 radical (unpaired) electrons. The van der Waals surface area contributed by atoms with E-state index in [-0.39, 0.29) is 0 Å². The third-order valence-electron chi connectivity index (χ3n) is 10.4. The standard InChI is InChI=1S/C48H29N3S/c1-3-14-31(15-4-1)40-29-41(50-48(49-40)33-16-5-2-6-17-33)32-23-26-34(27-24-32)51-42-22-12-11-21-38(42)43-36-19-9-10-20-37(36)47-44(45(43)51)39-28-25-30-13-7-8-18-35(30)46(39)52-47/h1-29H. The molecule has 11 rings (SSSR count). The van der Waals surface area contributed by atoms with Gasteiger partial charge in [-0.15, -0.1) is 11.3 Å². The average Bonchev–Trinajstić information content (AvgIpc) is 3.79.